The van der Waals surface area contributed by atoms with Crippen LogP contribution in [0.3, 0.4) is 0 Å². The first-order valence-electron chi connectivity index (χ1n) is 13.9. The molecule has 2 aliphatic rings. The molecule has 0 unspecified atom stereocenters. The van der Waals surface area contributed by atoms with Crippen molar-refractivity contribution >= 4 is 57.7 Å². The molecule has 2 heterocycles. The molecule has 1 fully saturated rings. The zero-order chi connectivity index (χ0) is 30.7. The molecule has 0 atom stereocenters. The number of fused-ring (bicyclic) bond motifs is 1. The number of aromatic carboxylic acids is 1. The van der Waals surface area contributed by atoms with Crippen LogP contribution in [0.15, 0.2) is 66.7 Å². The maximum atomic E-state index is 13.3. The predicted octanol–water partition coefficient (Wildman–Crippen LogP) is 3.49. The van der Waals surface area contributed by atoms with Gasteiger partial charge in [-0.15, -0.1) is 0 Å². The fraction of sp³-hybridized carbons (Fsp3) is 0.250. The summed E-state index contributed by atoms with van der Waals surface area (Å²) in [6.45, 7) is 5.35. The lowest BCUT2D eigenvalue weighted by Gasteiger charge is -2.32. The van der Waals surface area contributed by atoms with Crippen LogP contribution < -0.4 is 20.9 Å². The first-order chi connectivity index (χ1) is 20.6. The number of hydrogen-bond acceptors (Lipinski definition) is 7. The van der Waals surface area contributed by atoms with E-state index in [2.05, 4.69) is 32.8 Å². The first kappa shape index (κ1) is 29.5. The number of carbonyl (C=O) groups is 4. The van der Waals surface area contributed by atoms with Gasteiger partial charge in [-0.25, -0.2) is 4.79 Å². The maximum absolute atomic E-state index is 13.3. The van der Waals surface area contributed by atoms with Crippen LogP contribution in [0.4, 0.5) is 22.7 Å². The minimum Gasteiger partial charge on any atom is -0.478 e. The largest absolute Gasteiger partial charge is 0.478 e. The van der Waals surface area contributed by atoms with Crippen molar-refractivity contribution in [3.05, 3.63) is 83.4 Å². The highest BCUT2D eigenvalue weighted by Crippen LogP contribution is 2.38. The molecule has 43 heavy (non-hydrogen) atoms. The van der Waals surface area contributed by atoms with E-state index in [1.165, 1.54) is 19.1 Å². The van der Waals surface area contributed by atoms with Crippen molar-refractivity contribution in [2.45, 2.75) is 6.92 Å². The lowest BCUT2D eigenvalue weighted by Crippen LogP contribution is -2.48. The second-order valence-electron chi connectivity index (χ2n) is 10.7. The summed E-state index contributed by atoms with van der Waals surface area (Å²) in [6.07, 6.45) is 0. The summed E-state index contributed by atoms with van der Waals surface area (Å²) in [4.78, 5) is 55.5. The molecule has 3 amide bonds. The van der Waals surface area contributed by atoms with Crippen LogP contribution in [0.5, 0.6) is 0 Å². The molecule has 0 radical (unpaired) electrons. The normalized spacial score (nSPS) is 16.2. The van der Waals surface area contributed by atoms with E-state index in [0.29, 0.717) is 40.4 Å². The summed E-state index contributed by atoms with van der Waals surface area (Å²) >= 11 is 0. The SMILES string of the molecule is CC(=O)Nc1ccc(/C(Nc2ccc(N(C)C(=O)CN3CCN(C)CC3)cc2)=C2/C(=O)Nc3ccc(C(=O)O)cc32)cc1. The fourth-order valence-electron chi connectivity index (χ4n) is 5.11. The maximum Gasteiger partial charge on any atom is 0.335 e. The summed E-state index contributed by atoms with van der Waals surface area (Å²) in [5, 5.41) is 18.5. The van der Waals surface area contributed by atoms with Crippen molar-refractivity contribution in [1.29, 1.82) is 0 Å². The number of piperazine rings is 1. The summed E-state index contributed by atoms with van der Waals surface area (Å²) < 4.78 is 0. The molecule has 11 nitrogen and oxygen atoms in total. The third-order valence-corrected chi connectivity index (χ3v) is 7.61. The Hall–Kier alpha value is -5.00. The minimum absolute atomic E-state index is 0.000739. The summed E-state index contributed by atoms with van der Waals surface area (Å²) in [5.41, 5.74) is 4.41. The van der Waals surface area contributed by atoms with Gasteiger partial charge in [-0.2, -0.15) is 0 Å². The molecule has 3 aromatic carbocycles. The van der Waals surface area contributed by atoms with Crippen molar-refractivity contribution in [1.82, 2.24) is 9.80 Å². The van der Waals surface area contributed by atoms with Crippen molar-refractivity contribution in [2.75, 3.05) is 67.7 Å². The number of carbonyl (C=O) groups excluding carboxylic acids is 3. The Bertz CT molecular complexity index is 1590. The third kappa shape index (κ3) is 6.74. The van der Waals surface area contributed by atoms with E-state index in [9.17, 15) is 24.3 Å². The van der Waals surface area contributed by atoms with E-state index < -0.39 is 5.97 Å². The van der Waals surface area contributed by atoms with Crippen LogP contribution >= 0.6 is 0 Å². The van der Waals surface area contributed by atoms with Crippen LogP contribution in [-0.2, 0) is 14.4 Å². The highest BCUT2D eigenvalue weighted by atomic mass is 16.4. The zero-order valence-electron chi connectivity index (χ0n) is 24.3. The highest BCUT2D eigenvalue weighted by Gasteiger charge is 2.29. The van der Waals surface area contributed by atoms with E-state index in [0.717, 1.165) is 31.9 Å². The van der Waals surface area contributed by atoms with Gasteiger partial charge in [-0.05, 0) is 67.2 Å². The van der Waals surface area contributed by atoms with Crippen LogP contribution in [0, 0.1) is 0 Å². The lowest BCUT2D eigenvalue weighted by atomic mass is 9.98. The quantitative estimate of drug-likeness (QED) is 0.297. The molecule has 0 saturated carbocycles. The van der Waals surface area contributed by atoms with Crippen molar-refractivity contribution < 1.29 is 24.3 Å². The topological polar surface area (TPSA) is 134 Å². The molecule has 0 spiro atoms. The van der Waals surface area contributed by atoms with Crippen LogP contribution in [0.25, 0.3) is 11.3 Å². The smallest absolute Gasteiger partial charge is 0.335 e. The minimum atomic E-state index is -1.10. The van der Waals surface area contributed by atoms with Gasteiger partial charge in [0.05, 0.1) is 23.4 Å². The molecule has 0 bridgehead atoms. The Morgan fingerprint density at radius 2 is 1.49 bits per heavy atom. The zero-order valence-corrected chi connectivity index (χ0v) is 24.3. The number of amides is 3. The highest BCUT2D eigenvalue weighted by molar-refractivity contribution is 6.37. The van der Waals surface area contributed by atoms with Crippen molar-refractivity contribution in [3.63, 3.8) is 0 Å². The van der Waals surface area contributed by atoms with Crippen LogP contribution in [0.1, 0.15) is 28.4 Å². The van der Waals surface area contributed by atoms with Gasteiger partial charge in [0, 0.05) is 68.5 Å². The molecular formula is C32H34N6O5. The van der Waals surface area contributed by atoms with Gasteiger partial charge in [0.15, 0.2) is 0 Å². The Balaban J connectivity index is 1.44. The molecule has 5 rings (SSSR count). The van der Waals surface area contributed by atoms with Gasteiger partial charge in [0.25, 0.3) is 5.91 Å². The number of carboxylic acid groups (broad SMARTS) is 1. The Morgan fingerprint density at radius 3 is 2.12 bits per heavy atom. The van der Waals surface area contributed by atoms with Gasteiger partial charge in [-0.3, -0.25) is 19.3 Å². The molecule has 222 valence electrons. The molecule has 1 saturated heterocycles. The standard InChI is InChI=1S/C32H34N6O5/c1-20(39)33-23-7-4-21(5-8-23)30(29-26-18-22(32(42)43)6-13-27(26)35-31(29)41)34-24-9-11-25(12-10-24)37(3)28(40)19-38-16-14-36(2)15-17-38/h4-13,18,34H,14-17,19H2,1-3H3,(H,33,39)(H,35,41)(H,42,43)/b30-29-. The fourth-order valence-corrected chi connectivity index (χ4v) is 5.11. The molecule has 11 heteroatoms. The van der Waals surface area contributed by atoms with E-state index in [-0.39, 0.29) is 28.9 Å². The number of carboxylic acids is 1. The molecule has 2 aliphatic heterocycles. The summed E-state index contributed by atoms with van der Waals surface area (Å²) in [6, 6.07) is 18.8. The van der Waals surface area contributed by atoms with E-state index in [1.54, 1.807) is 42.3 Å². The van der Waals surface area contributed by atoms with Crippen molar-refractivity contribution in [2.24, 2.45) is 0 Å². The second-order valence-corrected chi connectivity index (χ2v) is 10.7. The number of hydrogen-bond donors (Lipinski definition) is 4. The van der Waals surface area contributed by atoms with E-state index in [4.69, 9.17) is 0 Å². The first-order valence-corrected chi connectivity index (χ1v) is 13.9. The van der Waals surface area contributed by atoms with Crippen LogP contribution in [-0.4, -0.2) is 85.4 Å². The number of nitrogens with zero attached hydrogens (tertiary/aromatic N) is 3. The second kappa shape index (κ2) is 12.5. The summed E-state index contributed by atoms with van der Waals surface area (Å²) in [5.74, 6) is -1.68. The Labute approximate surface area is 249 Å². The number of rotatable bonds is 8. The number of likely N-dealkylation sites (N-methyl/N-ethyl adjacent to an activating group) is 2. The Morgan fingerprint density at radius 1 is 0.884 bits per heavy atom. The van der Waals surface area contributed by atoms with Crippen molar-refractivity contribution in [3.8, 4) is 0 Å². The average Bonchev–Trinajstić information content (AvgIpc) is 3.31. The third-order valence-electron chi connectivity index (χ3n) is 7.61. The molecule has 4 N–H and O–H groups in total. The van der Waals surface area contributed by atoms with E-state index in [1.807, 2.05) is 24.3 Å². The van der Waals surface area contributed by atoms with Crippen LogP contribution in [0.2, 0.25) is 0 Å². The van der Waals surface area contributed by atoms with Gasteiger partial charge >= 0.3 is 5.97 Å². The molecule has 3 aromatic rings. The average molecular weight is 583 g/mol. The molecular weight excluding hydrogens is 548 g/mol. The Kier molecular flexibility index (Phi) is 8.56. The molecule has 0 aliphatic carbocycles. The lowest BCUT2D eigenvalue weighted by molar-refractivity contribution is -0.120. The van der Waals surface area contributed by atoms with Gasteiger partial charge in [-0.1, -0.05) is 12.1 Å². The number of anilines is 4. The summed E-state index contributed by atoms with van der Waals surface area (Å²) in [7, 11) is 3.83. The molecule has 0 aromatic heterocycles. The predicted molar refractivity (Wildman–Crippen MR) is 167 cm³/mol. The van der Waals surface area contributed by atoms with Gasteiger partial charge in [0.1, 0.15) is 0 Å². The van der Waals surface area contributed by atoms with Gasteiger partial charge < -0.3 is 30.9 Å². The number of nitrogens with one attached hydrogen (secondary N) is 3. The monoisotopic (exact) mass is 582 g/mol. The van der Waals surface area contributed by atoms with E-state index >= 15 is 0 Å². The number of benzene rings is 3. The van der Waals surface area contributed by atoms with Gasteiger partial charge in [0.2, 0.25) is 11.8 Å².